The molecule has 0 saturated heterocycles. The number of nitrogens with two attached hydrogens (primary N) is 1. The van der Waals surface area contributed by atoms with Crippen LogP contribution in [0.2, 0.25) is 0 Å². The highest BCUT2D eigenvalue weighted by atomic mass is 32.2. The molecule has 2 aromatic carbocycles. The Bertz CT molecular complexity index is 507. The van der Waals surface area contributed by atoms with Gasteiger partial charge in [0, 0.05) is 10.9 Å². The van der Waals surface area contributed by atoms with Crippen molar-refractivity contribution in [2.24, 2.45) is 5.73 Å². The van der Waals surface area contributed by atoms with Crippen LogP contribution in [0.1, 0.15) is 17.2 Å². The maximum absolute atomic E-state index is 6.25. The number of rotatable bonds is 5. The summed E-state index contributed by atoms with van der Waals surface area (Å²) in [7, 11) is 1.67. The molecule has 0 aromatic heterocycles. The molecule has 0 bridgehead atoms. The monoisotopic (exact) mass is 273 g/mol. The summed E-state index contributed by atoms with van der Waals surface area (Å²) >= 11 is 1.74. The van der Waals surface area contributed by atoms with Crippen molar-refractivity contribution in [1.29, 1.82) is 0 Å². The van der Waals surface area contributed by atoms with Gasteiger partial charge in [0.1, 0.15) is 5.75 Å². The molecule has 1 unspecified atom stereocenters. The van der Waals surface area contributed by atoms with Gasteiger partial charge in [-0.2, -0.15) is 0 Å². The number of hydrogen-bond acceptors (Lipinski definition) is 3. The summed E-state index contributed by atoms with van der Waals surface area (Å²) in [6.07, 6.45) is 2.91. The number of hydrogen-bond donors (Lipinski definition) is 1. The van der Waals surface area contributed by atoms with Crippen molar-refractivity contribution in [2.75, 3.05) is 13.4 Å². The molecule has 2 aromatic rings. The second kappa shape index (κ2) is 6.64. The van der Waals surface area contributed by atoms with Crippen LogP contribution in [0.5, 0.6) is 5.75 Å². The fraction of sp³-hybridized carbons (Fsp3) is 0.250. The molecule has 0 heterocycles. The van der Waals surface area contributed by atoms with E-state index in [2.05, 4.69) is 42.7 Å². The van der Waals surface area contributed by atoms with Gasteiger partial charge in [-0.25, -0.2) is 0 Å². The Morgan fingerprint density at radius 3 is 2.21 bits per heavy atom. The average Bonchev–Trinajstić information content (AvgIpc) is 2.48. The van der Waals surface area contributed by atoms with Gasteiger partial charge in [-0.15, -0.1) is 11.8 Å². The van der Waals surface area contributed by atoms with Crippen molar-refractivity contribution in [3.05, 3.63) is 59.7 Å². The first-order valence-electron chi connectivity index (χ1n) is 6.25. The number of methoxy groups -OCH3 is 1. The Balaban J connectivity index is 2.04. The van der Waals surface area contributed by atoms with Gasteiger partial charge in [-0.1, -0.05) is 24.3 Å². The van der Waals surface area contributed by atoms with Crippen molar-refractivity contribution in [3.8, 4) is 5.75 Å². The molecule has 0 aliphatic carbocycles. The van der Waals surface area contributed by atoms with Crippen LogP contribution in [0, 0.1) is 0 Å². The SMILES string of the molecule is COc1ccc(CC(N)c2ccc(SC)cc2)cc1. The van der Waals surface area contributed by atoms with Gasteiger partial charge in [0.05, 0.1) is 7.11 Å². The summed E-state index contributed by atoms with van der Waals surface area (Å²) in [6, 6.07) is 16.6. The van der Waals surface area contributed by atoms with E-state index in [1.165, 1.54) is 16.0 Å². The molecule has 0 spiro atoms. The molecule has 2 rings (SSSR count). The van der Waals surface area contributed by atoms with Gasteiger partial charge in [0.2, 0.25) is 0 Å². The zero-order chi connectivity index (χ0) is 13.7. The average molecular weight is 273 g/mol. The molecule has 0 saturated carbocycles. The Labute approximate surface area is 119 Å². The minimum atomic E-state index is 0.0318. The summed E-state index contributed by atoms with van der Waals surface area (Å²) in [4.78, 5) is 1.26. The topological polar surface area (TPSA) is 35.2 Å². The smallest absolute Gasteiger partial charge is 0.118 e. The van der Waals surface area contributed by atoms with E-state index in [0.717, 1.165) is 12.2 Å². The Morgan fingerprint density at radius 1 is 1.05 bits per heavy atom. The van der Waals surface area contributed by atoms with E-state index >= 15 is 0 Å². The van der Waals surface area contributed by atoms with Crippen molar-refractivity contribution in [1.82, 2.24) is 0 Å². The summed E-state index contributed by atoms with van der Waals surface area (Å²) in [5.74, 6) is 0.877. The Hall–Kier alpha value is -1.45. The number of ether oxygens (including phenoxy) is 1. The first-order valence-corrected chi connectivity index (χ1v) is 7.48. The molecule has 100 valence electrons. The lowest BCUT2D eigenvalue weighted by atomic mass is 10.00. The number of thioether (sulfide) groups is 1. The van der Waals surface area contributed by atoms with Crippen LogP contribution in [0.25, 0.3) is 0 Å². The largest absolute Gasteiger partial charge is 0.497 e. The third-order valence-corrected chi connectivity index (χ3v) is 3.90. The summed E-state index contributed by atoms with van der Waals surface area (Å²) in [5, 5.41) is 0. The maximum atomic E-state index is 6.25. The minimum absolute atomic E-state index is 0.0318. The van der Waals surface area contributed by atoms with Crippen LogP contribution in [0.3, 0.4) is 0 Å². The predicted molar refractivity (Wildman–Crippen MR) is 81.8 cm³/mol. The summed E-state index contributed by atoms with van der Waals surface area (Å²) < 4.78 is 5.15. The zero-order valence-electron chi connectivity index (χ0n) is 11.3. The van der Waals surface area contributed by atoms with Crippen molar-refractivity contribution in [2.45, 2.75) is 17.4 Å². The second-order valence-corrected chi connectivity index (χ2v) is 5.31. The van der Waals surface area contributed by atoms with Crippen molar-refractivity contribution < 1.29 is 4.74 Å². The highest BCUT2D eigenvalue weighted by Crippen LogP contribution is 2.21. The third kappa shape index (κ3) is 3.75. The molecule has 1 atom stereocenters. The van der Waals surface area contributed by atoms with Gasteiger partial charge in [0.25, 0.3) is 0 Å². The molecule has 19 heavy (non-hydrogen) atoms. The molecule has 0 fully saturated rings. The Kier molecular flexibility index (Phi) is 4.88. The highest BCUT2D eigenvalue weighted by Gasteiger charge is 2.07. The van der Waals surface area contributed by atoms with E-state index in [0.29, 0.717) is 0 Å². The molecular formula is C16H19NOS. The lowest BCUT2D eigenvalue weighted by Gasteiger charge is -2.13. The standard InChI is InChI=1S/C16H19NOS/c1-18-14-7-3-12(4-8-14)11-16(17)13-5-9-15(19-2)10-6-13/h3-10,16H,11,17H2,1-2H3. The zero-order valence-corrected chi connectivity index (χ0v) is 12.1. The van der Waals surface area contributed by atoms with Crippen LogP contribution >= 0.6 is 11.8 Å². The highest BCUT2D eigenvalue weighted by molar-refractivity contribution is 7.98. The first-order chi connectivity index (χ1) is 9.22. The van der Waals surface area contributed by atoms with Crippen molar-refractivity contribution in [3.63, 3.8) is 0 Å². The lowest BCUT2D eigenvalue weighted by Crippen LogP contribution is -2.13. The van der Waals surface area contributed by atoms with Crippen molar-refractivity contribution >= 4 is 11.8 Å². The predicted octanol–water partition coefficient (Wildman–Crippen LogP) is 3.66. The van der Waals surface area contributed by atoms with Crippen LogP contribution < -0.4 is 10.5 Å². The van der Waals surface area contributed by atoms with E-state index in [4.69, 9.17) is 10.5 Å². The van der Waals surface area contributed by atoms with Crippen LogP contribution in [0.4, 0.5) is 0 Å². The molecule has 2 N–H and O–H groups in total. The van der Waals surface area contributed by atoms with Crippen LogP contribution in [0.15, 0.2) is 53.4 Å². The van der Waals surface area contributed by atoms with E-state index < -0.39 is 0 Å². The fourth-order valence-electron chi connectivity index (χ4n) is 1.98. The molecule has 0 aliphatic rings. The van der Waals surface area contributed by atoms with E-state index in [-0.39, 0.29) is 6.04 Å². The van der Waals surface area contributed by atoms with Gasteiger partial charge < -0.3 is 10.5 Å². The lowest BCUT2D eigenvalue weighted by molar-refractivity contribution is 0.414. The maximum Gasteiger partial charge on any atom is 0.118 e. The molecule has 0 amide bonds. The minimum Gasteiger partial charge on any atom is -0.497 e. The summed E-state index contributed by atoms with van der Waals surface area (Å²) in [5.41, 5.74) is 8.65. The fourth-order valence-corrected chi connectivity index (χ4v) is 2.39. The normalized spacial score (nSPS) is 12.2. The summed E-state index contributed by atoms with van der Waals surface area (Å²) in [6.45, 7) is 0. The Morgan fingerprint density at radius 2 is 1.68 bits per heavy atom. The van der Waals surface area contributed by atoms with Crippen LogP contribution in [-0.2, 0) is 6.42 Å². The molecule has 0 aliphatic heterocycles. The second-order valence-electron chi connectivity index (χ2n) is 4.43. The van der Waals surface area contributed by atoms with E-state index in [9.17, 15) is 0 Å². The van der Waals surface area contributed by atoms with Gasteiger partial charge in [0.15, 0.2) is 0 Å². The molecular weight excluding hydrogens is 254 g/mol. The molecule has 3 heteroatoms. The third-order valence-electron chi connectivity index (χ3n) is 3.16. The first kappa shape index (κ1) is 14.0. The van der Waals surface area contributed by atoms with Gasteiger partial charge in [-0.05, 0) is 48.1 Å². The molecule has 0 radical (unpaired) electrons. The van der Waals surface area contributed by atoms with Crippen LogP contribution in [-0.4, -0.2) is 13.4 Å². The quantitative estimate of drug-likeness (QED) is 0.844. The molecule has 2 nitrogen and oxygen atoms in total. The van der Waals surface area contributed by atoms with Gasteiger partial charge >= 0.3 is 0 Å². The number of benzene rings is 2. The van der Waals surface area contributed by atoms with E-state index in [1.807, 2.05) is 12.1 Å². The van der Waals surface area contributed by atoms with Gasteiger partial charge in [-0.3, -0.25) is 0 Å². The van der Waals surface area contributed by atoms with E-state index in [1.54, 1.807) is 18.9 Å².